The van der Waals surface area contributed by atoms with E-state index in [0.29, 0.717) is 5.69 Å². The maximum absolute atomic E-state index is 12.4. The first-order chi connectivity index (χ1) is 14.7. The van der Waals surface area contributed by atoms with E-state index in [-0.39, 0.29) is 18.2 Å². The summed E-state index contributed by atoms with van der Waals surface area (Å²) in [7, 11) is 0. The molecule has 0 aliphatic heterocycles. The normalized spacial score (nSPS) is 11.1. The van der Waals surface area contributed by atoms with Crippen molar-refractivity contribution in [1.29, 1.82) is 0 Å². The van der Waals surface area contributed by atoms with E-state index in [4.69, 9.17) is 4.42 Å². The molecule has 0 aliphatic rings. The van der Waals surface area contributed by atoms with Crippen molar-refractivity contribution in [3.8, 4) is 10.4 Å². The molecule has 30 heavy (non-hydrogen) atoms. The van der Waals surface area contributed by atoms with Gasteiger partial charge in [-0.15, -0.1) is 11.3 Å². The number of benzene rings is 2. The molecular formula is C22H16N4O3S. The minimum absolute atomic E-state index is 0.162. The predicted octanol–water partition coefficient (Wildman–Crippen LogP) is 4.41. The molecule has 3 aromatic heterocycles. The molecule has 5 rings (SSSR count). The highest BCUT2D eigenvalue weighted by molar-refractivity contribution is 7.22. The Morgan fingerprint density at radius 1 is 1.07 bits per heavy atom. The predicted molar refractivity (Wildman–Crippen MR) is 117 cm³/mol. The molecule has 7 nitrogen and oxygen atoms in total. The summed E-state index contributed by atoms with van der Waals surface area (Å²) >= 11 is 1.68. The van der Waals surface area contributed by atoms with Crippen LogP contribution in [0.25, 0.3) is 31.4 Å². The second-order valence-corrected chi connectivity index (χ2v) is 7.80. The molecule has 0 saturated heterocycles. The highest BCUT2D eigenvalue weighted by atomic mass is 32.1. The van der Waals surface area contributed by atoms with Gasteiger partial charge in [-0.05, 0) is 41.8 Å². The summed E-state index contributed by atoms with van der Waals surface area (Å²) in [6.45, 7) is -0.165. The molecule has 2 aromatic carbocycles. The van der Waals surface area contributed by atoms with Crippen molar-refractivity contribution in [3.05, 3.63) is 72.8 Å². The third kappa shape index (κ3) is 3.44. The number of fused-ring (bicyclic) bond motifs is 2. The molecule has 0 aliphatic carbocycles. The Kier molecular flexibility index (Phi) is 4.53. The van der Waals surface area contributed by atoms with Crippen molar-refractivity contribution < 1.29 is 14.0 Å². The van der Waals surface area contributed by atoms with Gasteiger partial charge in [0.25, 0.3) is 5.91 Å². The van der Waals surface area contributed by atoms with Gasteiger partial charge in [-0.1, -0.05) is 18.2 Å². The quantitative estimate of drug-likeness (QED) is 0.395. The summed E-state index contributed by atoms with van der Waals surface area (Å²) in [5.41, 5.74) is 2.50. The highest BCUT2D eigenvalue weighted by Crippen LogP contribution is 2.38. The lowest BCUT2D eigenvalue weighted by Gasteiger charge is -2.09. The number of hydrogen-bond donors (Lipinski definition) is 3. The number of carbonyl (C=O) groups excluding carboxylic acids is 2. The zero-order valence-corrected chi connectivity index (χ0v) is 16.5. The van der Waals surface area contributed by atoms with Gasteiger partial charge in [-0.25, -0.2) is 0 Å². The van der Waals surface area contributed by atoms with Crippen LogP contribution in [0.3, 0.4) is 0 Å². The zero-order chi connectivity index (χ0) is 20.5. The zero-order valence-electron chi connectivity index (χ0n) is 15.6. The van der Waals surface area contributed by atoms with E-state index in [2.05, 4.69) is 39.0 Å². The number of amides is 2. The Bertz CT molecular complexity index is 1330. The lowest BCUT2D eigenvalue weighted by Crippen LogP contribution is -2.32. The van der Waals surface area contributed by atoms with Crippen molar-refractivity contribution in [2.75, 3.05) is 11.9 Å². The van der Waals surface area contributed by atoms with Crippen LogP contribution in [0.15, 0.2) is 71.5 Å². The smallest absolute Gasteiger partial charge is 0.287 e. The molecule has 0 fully saturated rings. The number of thiophene rings is 1. The topological polar surface area (TPSA) is 100 Å². The molecule has 5 aromatic rings. The van der Waals surface area contributed by atoms with Gasteiger partial charge in [0.15, 0.2) is 5.76 Å². The monoisotopic (exact) mass is 416 g/mol. The number of furan rings is 1. The van der Waals surface area contributed by atoms with Crippen molar-refractivity contribution in [2.24, 2.45) is 0 Å². The number of nitrogens with zero attached hydrogens (tertiary/aromatic N) is 1. The first kappa shape index (κ1) is 18.1. The largest absolute Gasteiger partial charge is 0.459 e. The van der Waals surface area contributed by atoms with Crippen LogP contribution in [0.4, 0.5) is 5.69 Å². The van der Waals surface area contributed by atoms with Crippen molar-refractivity contribution in [2.45, 2.75) is 0 Å². The van der Waals surface area contributed by atoms with Gasteiger partial charge < -0.3 is 15.1 Å². The number of aromatic nitrogens is 2. The van der Waals surface area contributed by atoms with E-state index >= 15 is 0 Å². The number of hydrogen-bond acceptors (Lipinski definition) is 5. The van der Waals surface area contributed by atoms with Gasteiger partial charge in [0.1, 0.15) is 0 Å². The second-order valence-electron chi connectivity index (χ2n) is 6.71. The maximum Gasteiger partial charge on any atom is 0.287 e. The third-order valence-electron chi connectivity index (χ3n) is 4.68. The van der Waals surface area contributed by atoms with Crippen LogP contribution in [0.2, 0.25) is 0 Å². The molecule has 0 bridgehead atoms. The molecule has 2 amide bonds. The summed E-state index contributed by atoms with van der Waals surface area (Å²) < 4.78 is 6.21. The Balaban J connectivity index is 1.40. The minimum atomic E-state index is -0.439. The van der Waals surface area contributed by atoms with Gasteiger partial charge in [-0.3, -0.25) is 14.7 Å². The van der Waals surface area contributed by atoms with Crippen molar-refractivity contribution in [3.63, 3.8) is 0 Å². The number of anilines is 1. The fourth-order valence-electron chi connectivity index (χ4n) is 3.30. The molecule has 0 spiro atoms. The summed E-state index contributed by atoms with van der Waals surface area (Å²) in [6, 6.07) is 17.2. The summed E-state index contributed by atoms with van der Waals surface area (Å²) in [6.07, 6.45) is 3.13. The molecule has 3 heterocycles. The Morgan fingerprint density at radius 3 is 2.80 bits per heavy atom. The molecule has 0 saturated carbocycles. The van der Waals surface area contributed by atoms with Gasteiger partial charge in [-0.2, -0.15) is 5.10 Å². The number of carbonyl (C=O) groups is 2. The molecule has 148 valence electrons. The van der Waals surface area contributed by atoms with Crippen LogP contribution >= 0.6 is 11.3 Å². The lowest BCUT2D eigenvalue weighted by molar-refractivity contribution is -0.115. The first-order valence-corrected chi connectivity index (χ1v) is 10.1. The highest BCUT2D eigenvalue weighted by Gasteiger charge is 2.14. The number of aromatic amines is 1. The standard InChI is InChI=1S/C22H16N4O3S/c27-20(12-23-22(28)17-5-3-7-29-17)25-15-8-14-11-24-26-21(14)16(10-15)19-9-13-4-1-2-6-18(13)30-19/h1-11H,12H2,(H,23,28)(H,24,26)(H,25,27). The molecule has 0 atom stereocenters. The van der Waals surface area contributed by atoms with Gasteiger partial charge in [0, 0.05) is 26.2 Å². The van der Waals surface area contributed by atoms with E-state index in [1.54, 1.807) is 23.6 Å². The number of rotatable bonds is 5. The fourth-order valence-corrected chi connectivity index (χ4v) is 4.38. The second kappa shape index (κ2) is 7.49. The van der Waals surface area contributed by atoms with E-state index in [1.165, 1.54) is 22.4 Å². The maximum atomic E-state index is 12.4. The van der Waals surface area contributed by atoms with Crippen LogP contribution in [0.1, 0.15) is 10.6 Å². The van der Waals surface area contributed by atoms with Gasteiger partial charge >= 0.3 is 0 Å². The van der Waals surface area contributed by atoms with Crippen molar-refractivity contribution in [1.82, 2.24) is 15.5 Å². The SMILES string of the molecule is O=C(CNC(=O)c1ccco1)Nc1cc(-c2cc3ccccc3s2)c2[nH]ncc2c1. The number of H-pyrrole nitrogens is 1. The average molecular weight is 416 g/mol. The average Bonchev–Trinajstić information content (AvgIpc) is 3.51. The molecule has 8 heteroatoms. The molecular weight excluding hydrogens is 400 g/mol. The molecule has 3 N–H and O–H groups in total. The summed E-state index contributed by atoms with van der Waals surface area (Å²) in [5, 5.41) is 14.6. The third-order valence-corrected chi connectivity index (χ3v) is 5.83. The minimum Gasteiger partial charge on any atom is -0.459 e. The van der Waals surface area contributed by atoms with Crippen molar-refractivity contribution >= 4 is 49.8 Å². The lowest BCUT2D eigenvalue weighted by atomic mass is 10.1. The first-order valence-electron chi connectivity index (χ1n) is 9.25. The van der Waals surface area contributed by atoms with E-state index in [1.807, 2.05) is 24.3 Å². The molecule has 0 unspecified atom stereocenters. The number of nitrogens with one attached hydrogen (secondary N) is 3. The van der Waals surface area contributed by atoms with E-state index in [0.717, 1.165) is 21.3 Å². The van der Waals surface area contributed by atoms with Gasteiger partial charge in [0.05, 0.1) is 24.5 Å². The van der Waals surface area contributed by atoms with Gasteiger partial charge in [0.2, 0.25) is 5.91 Å². The van der Waals surface area contributed by atoms with Crippen LogP contribution in [0, 0.1) is 0 Å². The summed E-state index contributed by atoms with van der Waals surface area (Å²) in [4.78, 5) is 25.4. The Morgan fingerprint density at radius 2 is 1.97 bits per heavy atom. The summed E-state index contributed by atoms with van der Waals surface area (Å²) in [5.74, 6) is -0.610. The molecule has 0 radical (unpaired) electrons. The van der Waals surface area contributed by atoms with E-state index < -0.39 is 5.91 Å². The van der Waals surface area contributed by atoms with Crippen LogP contribution in [-0.4, -0.2) is 28.6 Å². The van der Waals surface area contributed by atoms with Crippen LogP contribution in [-0.2, 0) is 4.79 Å². The van der Waals surface area contributed by atoms with E-state index in [9.17, 15) is 9.59 Å². The van der Waals surface area contributed by atoms with Crippen LogP contribution < -0.4 is 10.6 Å². The Hall–Kier alpha value is -3.91. The van der Waals surface area contributed by atoms with Crippen LogP contribution in [0.5, 0.6) is 0 Å². The Labute approximate surface area is 174 Å². The fraction of sp³-hybridized carbons (Fsp3) is 0.0455.